The van der Waals surface area contributed by atoms with Crippen molar-refractivity contribution >= 4 is 5.91 Å². The molecule has 1 aromatic heterocycles. The molecular weight excluding hydrogens is 311 g/mol. The van der Waals surface area contributed by atoms with Crippen molar-refractivity contribution in [3.63, 3.8) is 0 Å². The van der Waals surface area contributed by atoms with Gasteiger partial charge in [-0.25, -0.2) is 13.9 Å². The van der Waals surface area contributed by atoms with Gasteiger partial charge in [0.25, 0.3) is 0 Å². The average Bonchev–Trinajstić information content (AvgIpc) is 2.74. The molecule has 2 heterocycles. The second-order valence-electron chi connectivity index (χ2n) is 6.16. The largest absolute Gasteiger partial charge is 0.346 e. The first-order chi connectivity index (χ1) is 11.6. The van der Waals surface area contributed by atoms with E-state index in [2.05, 4.69) is 5.10 Å². The van der Waals surface area contributed by atoms with Crippen LogP contribution in [0.3, 0.4) is 0 Å². The molecular formula is C17H21FN4O2. The van der Waals surface area contributed by atoms with Crippen molar-refractivity contribution in [1.29, 1.82) is 0 Å². The highest BCUT2D eigenvalue weighted by Gasteiger charge is 2.19. The van der Waals surface area contributed by atoms with Crippen LogP contribution >= 0.6 is 0 Å². The van der Waals surface area contributed by atoms with Gasteiger partial charge in [-0.2, -0.15) is 5.10 Å². The molecule has 1 amide bonds. The van der Waals surface area contributed by atoms with Crippen LogP contribution in [0.25, 0.3) is 0 Å². The summed E-state index contributed by atoms with van der Waals surface area (Å²) in [4.78, 5) is 26.1. The van der Waals surface area contributed by atoms with Crippen molar-refractivity contribution < 1.29 is 9.18 Å². The van der Waals surface area contributed by atoms with Gasteiger partial charge in [-0.1, -0.05) is 24.6 Å². The molecule has 0 atom stereocenters. The molecule has 0 radical (unpaired) electrons. The Balaban J connectivity index is 1.71. The highest BCUT2D eigenvalue weighted by Crippen LogP contribution is 2.11. The van der Waals surface area contributed by atoms with Gasteiger partial charge in [-0.3, -0.25) is 9.36 Å². The highest BCUT2D eigenvalue weighted by molar-refractivity contribution is 5.75. The van der Waals surface area contributed by atoms with E-state index in [1.165, 1.54) is 15.6 Å². The fourth-order valence-corrected chi connectivity index (χ4v) is 2.95. The van der Waals surface area contributed by atoms with Crippen LogP contribution in [0.1, 0.15) is 30.7 Å². The fourth-order valence-electron chi connectivity index (χ4n) is 2.95. The zero-order valence-electron chi connectivity index (χ0n) is 13.7. The van der Waals surface area contributed by atoms with Crippen molar-refractivity contribution in [1.82, 2.24) is 19.2 Å². The summed E-state index contributed by atoms with van der Waals surface area (Å²) in [6.45, 7) is 0.699. The van der Waals surface area contributed by atoms with E-state index in [-0.39, 0.29) is 30.5 Å². The number of aromatic nitrogens is 3. The standard InChI is InChI=1S/C17H21FN4O2/c1-20(11-13-7-4-5-8-14(13)18)16(23)12-22-17(24)21-10-6-2-3-9-15(21)19-22/h4-5,7-8H,2-3,6,9-12H2,1H3. The molecule has 0 aliphatic carbocycles. The maximum absolute atomic E-state index is 13.7. The molecule has 3 rings (SSSR count). The molecule has 0 spiro atoms. The number of nitrogens with zero attached hydrogens (tertiary/aromatic N) is 4. The number of benzene rings is 1. The second kappa shape index (κ2) is 6.98. The molecule has 2 aromatic rings. The lowest BCUT2D eigenvalue weighted by Crippen LogP contribution is -2.35. The number of rotatable bonds is 4. The number of aryl methyl sites for hydroxylation is 1. The monoisotopic (exact) mass is 332 g/mol. The lowest BCUT2D eigenvalue weighted by molar-refractivity contribution is -0.131. The molecule has 6 nitrogen and oxygen atoms in total. The smallest absolute Gasteiger partial charge is 0.340 e. The van der Waals surface area contributed by atoms with Gasteiger partial charge in [0.15, 0.2) is 0 Å². The minimum Gasteiger partial charge on any atom is -0.340 e. The third kappa shape index (κ3) is 3.39. The van der Waals surface area contributed by atoms with Crippen LogP contribution in [0.4, 0.5) is 4.39 Å². The van der Waals surface area contributed by atoms with Gasteiger partial charge in [0, 0.05) is 32.1 Å². The molecule has 7 heteroatoms. The number of hydrogen-bond donors (Lipinski definition) is 0. The average molecular weight is 332 g/mol. The van der Waals surface area contributed by atoms with Crippen molar-refractivity contribution in [3.8, 4) is 0 Å². The fraction of sp³-hybridized carbons (Fsp3) is 0.471. The molecule has 1 aliphatic heterocycles. The van der Waals surface area contributed by atoms with Gasteiger partial charge in [0.05, 0.1) is 0 Å². The summed E-state index contributed by atoms with van der Waals surface area (Å²) < 4.78 is 16.6. The molecule has 0 bridgehead atoms. The van der Waals surface area contributed by atoms with Gasteiger partial charge < -0.3 is 4.90 Å². The van der Waals surface area contributed by atoms with E-state index in [1.54, 1.807) is 29.8 Å². The first kappa shape index (κ1) is 16.4. The van der Waals surface area contributed by atoms with Gasteiger partial charge in [0.2, 0.25) is 5.91 Å². The van der Waals surface area contributed by atoms with Crippen LogP contribution in [0.5, 0.6) is 0 Å². The molecule has 0 fully saturated rings. The lowest BCUT2D eigenvalue weighted by Gasteiger charge is -2.17. The maximum atomic E-state index is 13.7. The number of carbonyl (C=O) groups excluding carboxylic acids is 1. The first-order valence-corrected chi connectivity index (χ1v) is 8.20. The summed E-state index contributed by atoms with van der Waals surface area (Å²) in [7, 11) is 1.60. The Bertz CT molecular complexity index is 796. The zero-order chi connectivity index (χ0) is 17.1. The van der Waals surface area contributed by atoms with Gasteiger partial charge in [-0.05, 0) is 18.9 Å². The first-order valence-electron chi connectivity index (χ1n) is 8.20. The van der Waals surface area contributed by atoms with E-state index in [0.717, 1.165) is 31.5 Å². The SMILES string of the molecule is CN(Cc1ccccc1F)C(=O)Cn1nc2n(c1=O)CCCCC2. The van der Waals surface area contributed by atoms with Crippen LogP contribution in [0.2, 0.25) is 0 Å². The number of hydrogen-bond acceptors (Lipinski definition) is 3. The Kier molecular flexibility index (Phi) is 4.78. The predicted octanol–water partition coefficient (Wildman–Crippen LogP) is 1.57. The third-order valence-corrected chi connectivity index (χ3v) is 4.36. The van der Waals surface area contributed by atoms with Crippen molar-refractivity contribution in [3.05, 3.63) is 52.0 Å². The number of amides is 1. The molecule has 1 aromatic carbocycles. The van der Waals surface area contributed by atoms with Crippen molar-refractivity contribution in [2.45, 2.75) is 45.3 Å². The van der Waals surface area contributed by atoms with E-state index in [4.69, 9.17) is 0 Å². The molecule has 0 saturated carbocycles. The van der Waals surface area contributed by atoms with Crippen LogP contribution in [0, 0.1) is 5.82 Å². The molecule has 0 N–H and O–H groups in total. The summed E-state index contributed by atoms with van der Waals surface area (Å²) in [6, 6.07) is 6.35. The number of likely N-dealkylation sites (N-methyl/N-ethyl adjacent to an activating group) is 1. The van der Waals surface area contributed by atoms with Crippen LogP contribution in [0.15, 0.2) is 29.1 Å². The molecule has 0 unspecified atom stereocenters. The Labute approximate surface area is 139 Å². The Morgan fingerprint density at radius 3 is 2.88 bits per heavy atom. The van der Waals surface area contributed by atoms with E-state index >= 15 is 0 Å². The topological polar surface area (TPSA) is 60.1 Å². The minimum atomic E-state index is -0.344. The van der Waals surface area contributed by atoms with Gasteiger partial charge in [-0.15, -0.1) is 0 Å². The van der Waals surface area contributed by atoms with E-state index in [1.807, 2.05) is 0 Å². The molecule has 0 saturated heterocycles. The van der Waals surface area contributed by atoms with Crippen LogP contribution < -0.4 is 5.69 Å². The third-order valence-electron chi connectivity index (χ3n) is 4.36. The predicted molar refractivity (Wildman–Crippen MR) is 86.9 cm³/mol. The van der Waals surface area contributed by atoms with Gasteiger partial charge >= 0.3 is 5.69 Å². The second-order valence-corrected chi connectivity index (χ2v) is 6.16. The zero-order valence-corrected chi connectivity index (χ0v) is 13.7. The van der Waals surface area contributed by atoms with Gasteiger partial charge in [0.1, 0.15) is 18.2 Å². The Hall–Kier alpha value is -2.44. The Morgan fingerprint density at radius 2 is 2.08 bits per heavy atom. The quantitative estimate of drug-likeness (QED) is 0.854. The summed E-state index contributed by atoms with van der Waals surface area (Å²) >= 11 is 0. The minimum absolute atomic E-state index is 0.121. The molecule has 24 heavy (non-hydrogen) atoms. The maximum Gasteiger partial charge on any atom is 0.346 e. The van der Waals surface area contributed by atoms with Crippen molar-refractivity contribution in [2.75, 3.05) is 7.05 Å². The molecule has 1 aliphatic rings. The number of fused-ring (bicyclic) bond motifs is 1. The summed E-state index contributed by atoms with van der Waals surface area (Å²) in [5.41, 5.74) is 0.209. The van der Waals surface area contributed by atoms with E-state index < -0.39 is 0 Å². The normalized spacial score (nSPS) is 14.1. The van der Waals surface area contributed by atoms with Crippen LogP contribution in [-0.4, -0.2) is 32.2 Å². The Morgan fingerprint density at radius 1 is 1.29 bits per heavy atom. The van der Waals surface area contributed by atoms with Crippen LogP contribution in [-0.2, 0) is 30.8 Å². The van der Waals surface area contributed by atoms with E-state index in [9.17, 15) is 14.0 Å². The number of carbonyl (C=O) groups is 1. The summed E-state index contributed by atoms with van der Waals surface area (Å²) in [5, 5.41) is 4.30. The molecule has 128 valence electrons. The van der Waals surface area contributed by atoms with Crippen molar-refractivity contribution in [2.24, 2.45) is 0 Å². The summed E-state index contributed by atoms with van der Waals surface area (Å²) in [5.74, 6) is 0.138. The summed E-state index contributed by atoms with van der Waals surface area (Å²) in [6.07, 6.45) is 3.83. The lowest BCUT2D eigenvalue weighted by atomic mass is 10.2. The van der Waals surface area contributed by atoms with E-state index in [0.29, 0.717) is 12.1 Å². The highest BCUT2D eigenvalue weighted by atomic mass is 19.1. The number of halogens is 1.